The van der Waals surface area contributed by atoms with Gasteiger partial charge in [0.2, 0.25) is 0 Å². The minimum absolute atomic E-state index is 0.874. The predicted octanol–water partition coefficient (Wildman–Crippen LogP) is 14.0. The molecule has 240 valence electrons. The molecule has 3 heteroatoms. The molecule has 2 aromatic heterocycles. The van der Waals surface area contributed by atoms with E-state index in [0.29, 0.717) is 0 Å². The quantitative estimate of drug-likeness (QED) is 0.179. The second kappa shape index (κ2) is 11.9. The van der Waals surface area contributed by atoms with E-state index in [4.69, 9.17) is 8.83 Å². The molecule has 0 bridgehead atoms. The van der Waals surface area contributed by atoms with Gasteiger partial charge in [0, 0.05) is 38.2 Å². The summed E-state index contributed by atoms with van der Waals surface area (Å²) in [5.74, 6) is 0. The van der Waals surface area contributed by atoms with Gasteiger partial charge in [-0.05, 0) is 59.2 Å². The van der Waals surface area contributed by atoms with Crippen LogP contribution >= 0.6 is 0 Å². The minimum Gasteiger partial charge on any atom is -0.456 e. The van der Waals surface area contributed by atoms with Gasteiger partial charge in [0.05, 0.1) is 17.1 Å². The van der Waals surface area contributed by atoms with Crippen LogP contribution in [0.1, 0.15) is 0 Å². The summed E-state index contributed by atoms with van der Waals surface area (Å²) in [7, 11) is 0. The molecule has 0 fully saturated rings. The van der Waals surface area contributed by atoms with Gasteiger partial charge in [-0.25, -0.2) is 0 Å². The van der Waals surface area contributed by atoms with E-state index in [9.17, 15) is 0 Å². The maximum Gasteiger partial charge on any atom is 0.136 e. The van der Waals surface area contributed by atoms with Crippen LogP contribution in [0.15, 0.2) is 197 Å². The van der Waals surface area contributed by atoms with E-state index in [1.807, 2.05) is 24.3 Å². The van der Waals surface area contributed by atoms with Crippen LogP contribution in [-0.2, 0) is 0 Å². The maximum atomic E-state index is 6.38. The fraction of sp³-hybridized carbons (Fsp3) is 0. The molecule has 0 amide bonds. The molecule has 0 spiro atoms. The number of rotatable bonds is 6. The number of benzene rings is 8. The van der Waals surface area contributed by atoms with Crippen LogP contribution in [-0.4, -0.2) is 0 Å². The van der Waals surface area contributed by atoms with Gasteiger partial charge >= 0.3 is 0 Å². The third-order valence-corrected chi connectivity index (χ3v) is 9.91. The summed E-state index contributed by atoms with van der Waals surface area (Å²) in [5, 5.41) is 4.43. The summed E-state index contributed by atoms with van der Waals surface area (Å²) in [4.78, 5) is 2.44. The van der Waals surface area contributed by atoms with Crippen LogP contribution in [0.4, 0.5) is 17.1 Å². The Labute approximate surface area is 295 Å². The highest BCUT2D eigenvalue weighted by Gasteiger charge is 2.25. The smallest absolute Gasteiger partial charge is 0.136 e. The Kier molecular flexibility index (Phi) is 6.81. The topological polar surface area (TPSA) is 29.5 Å². The van der Waals surface area contributed by atoms with Crippen LogP contribution in [0.3, 0.4) is 0 Å². The van der Waals surface area contributed by atoms with Crippen molar-refractivity contribution in [3.8, 4) is 33.4 Å². The molecule has 0 saturated carbocycles. The molecule has 10 rings (SSSR count). The van der Waals surface area contributed by atoms with Crippen LogP contribution in [0.2, 0.25) is 0 Å². The second-order valence-electron chi connectivity index (χ2n) is 12.8. The van der Waals surface area contributed by atoms with E-state index < -0.39 is 0 Å². The fourth-order valence-corrected chi connectivity index (χ4v) is 7.71. The second-order valence-corrected chi connectivity index (χ2v) is 12.8. The summed E-state index contributed by atoms with van der Waals surface area (Å²) in [6.07, 6.45) is 0. The molecule has 51 heavy (non-hydrogen) atoms. The molecule has 0 radical (unpaired) electrons. The highest BCUT2D eigenvalue weighted by molar-refractivity contribution is 6.16. The highest BCUT2D eigenvalue weighted by atomic mass is 16.3. The van der Waals surface area contributed by atoms with Crippen molar-refractivity contribution in [1.29, 1.82) is 0 Å². The number of furan rings is 2. The normalized spacial score (nSPS) is 11.5. The monoisotopic (exact) mass is 653 g/mol. The molecule has 2 heterocycles. The molecule has 0 atom stereocenters. The zero-order valence-corrected chi connectivity index (χ0v) is 27.7. The van der Waals surface area contributed by atoms with E-state index >= 15 is 0 Å². The zero-order valence-electron chi connectivity index (χ0n) is 27.7. The van der Waals surface area contributed by atoms with Gasteiger partial charge in [-0.1, -0.05) is 146 Å². The molecule has 0 aliphatic carbocycles. The third kappa shape index (κ3) is 4.74. The van der Waals surface area contributed by atoms with Gasteiger partial charge in [-0.3, -0.25) is 0 Å². The van der Waals surface area contributed by atoms with Crippen molar-refractivity contribution in [1.82, 2.24) is 0 Å². The Balaban J connectivity index is 1.30. The number of hydrogen-bond acceptors (Lipinski definition) is 3. The maximum absolute atomic E-state index is 6.38. The predicted molar refractivity (Wildman–Crippen MR) is 212 cm³/mol. The van der Waals surface area contributed by atoms with Gasteiger partial charge in [-0.2, -0.15) is 0 Å². The van der Waals surface area contributed by atoms with E-state index in [2.05, 4.69) is 169 Å². The first-order valence-corrected chi connectivity index (χ1v) is 17.3. The van der Waals surface area contributed by atoms with Gasteiger partial charge in [-0.15, -0.1) is 0 Å². The number of anilines is 3. The van der Waals surface area contributed by atoms with E-state index in [1.165, 1.54) is 0 Å². The summed E-state index contributed by atoms with van der Waals surface area (Å²) in [6.45, 7) is 0. The molecule has 0 saturated heterocycles. The minimum atomic E-state index is 0.874. The first-order chi connectivity index (χ1) is 25.3. The van der Waals surface area contributed by atoms with E-state index in [0.717, 1.165) is 94.3 Å². The molecule has 0 N–H and O–H groups in total. The molecule has 0 aliphatic rings. The first kappa shape index (κ1) is 29.1. The fourth-order valence-electron chi connectivity index (χ4n) is 7.71. The number of fused-ring (bicyclic) bond motifs is 6. The van der Waals surface area contributed by atoms with E-state index in [1.54, 1.807) is 0 Å². The Morgan fingerprint density at radius 3 is 1.18 bits per heavy atom. The van der Waals surface area contributed by atoms with E-state index in [-0.39, 0.29) is 0 Å². The van der Waals surface area contributed by atoms with Crippen molar-refractivity contribution in [2.75, 3.05) is 4.90 Å². The molecule has 8 aromatic carbocycles. The standard InChI is InChI=1S/C48H31NO2/c1-2-16-32(17-3-1)33-18-4-9-25-40(33)49(41-26-10-5-19-34(41)36-23-14-30-45-47(36)38-21-7-12-28-43(38)50-45)42-27-11-6-20-35(42)37-24-15-31-46-48(37)39-22-8-13-29-44(39)51-46/h1-31H. The lowest BCUT2D eigenvalue weighted by Crippen LogP contribution is -2.13. The van der Waals surface area contributed by atoms with Crippen molar-refractivity contribution in [3.05, 3.63) is 188 Å². The summed E-state index contributed by atoms with van der Waals surface area (Å²) < 4.78 is 12.8. The average Bonchev–Trinajstić information content (AvgIpc) is 3.78. The zero-order chi connectivity index (χ0) is 33.7. The molecule has 3 nitrogen and oxygen atoms in total. The number of nitrogens with zero attached hydrogens (tertiary/aromatic N) is 1. The van der Waals surface area contributed by atoms with Crippen molar-refractivity contribution >= 4 is 60.9 Å². The summed E-state index contributed by atoms with van der Waals surface area (Å²) in [5.41, 5.74) is 13.5. The highest BCUT2D eigenvalue weighted by Crippen LogP contribution is 2.50. The number of hydrogen-bond donors (Lipinski definition) is 0. The Hall–Kier alpha value is -6.84. The van der Waals surface area contributed by atoms with Crippen LogP contribution in [0.25, 0.3) is 77.3 Å². The van der Waals surface area contributed by atoms with Gasteiger partial charge in [0.1, 0.15) is 22.3 Å². The molecule has 0 aliphatic heterocycles. The third-order valence-electron chi connectivity index (χ3n) is 9.91. The Morgan fingerprint density at radius 2 is 0.647 bits per heavy atom. The molecular formula is C48H31NO2. The van der Waals surface area contributed by atoms with Crippen molar-refractivity contribution in [2.45, 2.75) is 0 Å². The lowest BCUT2D eigenvalue weighted by Gasteiger charge is -2.31. The Morgan fingerprint density at radius 1 is 0.275 bits per heavy atom. The molecular weight excluding hydrogens is 623 g/mol. The van der Waals surface area contributed by atoms with Crippen molar-refractivity contribution in [2.24, 2.45) is 0 Å². The van der Waals surface area contributed by atoms with Crippen molar-refractivity contribution < 1.29 is 8.83 Å². The van der Waals surface area contributed by atoms with Crippen LogP contribution < -0.4 is 4.90 Å². The Bertz CT molecular complexity index is 2720. The largest absolute Gasteiger partial charge is 0.456 e. The lowest BCUT2D eigenvalue weighted by molar-refractivity contribution is 0.668. The summed E-state index contributed by atoms with van der Waals surface area (Å²) >= 11 is 0. The van der Waals surface area contributed by atoms with Crippen LogP contribution in [0, 0.1) is 0 Å². The van der Waals surface area contributed by atoms with Crippen LogP contribution in [0.5, 0.6) is 0 Å². The molecule has 0 unspecified atom stereocenters. The lowest BCUT2D eigenvalue weighted by atomic mass is 9.93. The molecule has 10 aromatic rings. The number of para-hydroxylation sites is 5. The average molecular weight is 654 g/mol. The van der Waals surface area contributed by atoms with Gasteiger partial charge in [0.15, 0.2) is 0 Å². The summed E-state index contributed by atoms with van der Waals surface area (Å²) in [6, 6.07) is 66.2. The SMILES string of the molecule is c1ccc(-c2ccccc2N(c2ccccc2-c2cccc3oc4ccccc4c23)c2ccccc2-c2cccc3oc4ccccc4c23)cc1. The van der Waals surface area contributed by atoms with Crippen molar-refractivity contribution in [3.63, 3.8) is 0 Å². The van der Waals surface area contributed by atoms with Gasteiger partial charge in [0.25, 0.3) is 0 Å². The van der Waals surface area contributed by atoms with Gasteiger partial charge < -0.3 is 13.7 Å². The first-order valence-electron chi connectivity index (χ1n) is 17.3.